The number of amides is 2. The molecule has 0 aromatic heterocycles. The average Bonchev–Trinajstić information content (AvgIpc) is 2.73. The number of hydrogen-bond donors (Lipinski definition) is 2. The number of carbonyl (C=O) groups is 2. The van der Waals surface area contributed by atoms with Crippen LogP contribution < -0.4 is 14.8 Å². The molecule has 0 bridgehead atoms. The second kappa shape index (κ2) is 8.86. The first-order valence-corrected chi connectivity index (χ1v) is 9.60. The Morgan fingerprint density at radius 2 is 1.79 bits per heavy atom. The fourth-order valence-corrected chi connectivity index (χ4v) is 3.68. The van der Waals surface area contributed by atoms with Crippen molar-refractivity contribution >= 4 is 17.7 Å². The zero-order valence-electron chi connectivity index (χ0n) is 16.9. The van der Waals surface area contributed by atoms with Gasteiger partial charge in [-0.1, -0.05) is 19.1 Å². The van der Waals surface area contributed by atoms with Crippen LogP contribution in [0.5, 0.6) is 11.5 Å². The predicted molar refractivity (Wildman–Crippen MR) is 110 cm³/mol. The third kappa shape index (κ3) is 4.45. The standard InChI is InChI=1S/C22H26N2O5/c1-4-14-5-7-16(8-6-14)23-22(27)24-10-9-15-11-19(28-2)20(29-3)12-17(15)18(24)13-21(25)26/h5-8,11-12,18H,4,9-10,13H2,1-3H3,(H,23,27)(H,25,26)/t18-/m0/s1. The number of benzene rings is 2. The summed E-state index contributed by atoms with van der Waals surface area (Å²) in [5.41, 5.74) is 3.59. The van der Waals surface area contributed by atoms with Gasteiger partial charge in [-0.15, -0.1) is 0 Å². The zero-order valence-corrected chi connectivity index (χ0v) is 16.9. The van der Waals surface area contributed by atoms with Gasteiger partial charge >= 0.3 is 12.0 Å². The lowest BCUT2D eigenvalue weighted by molar-refractivity contribution is -0.138. The number of rotatable bonds is 6. The number of nitrogens with one attached hydrogen (secondary N) is 1. The first kappa shape index (κ1) is 20.5. The van der Waals surface area contributed by atoms with Gasteiger partial charge in [0.25, 0.3) is 0 Å². The molecule has 1 aliphatic heterocycles. The van der Waals surface area contributed by atoms with Gasteiger partial charge in [-0.2, -0.15) is 0 Å². The molecule has 1 heterocycles. The van der Waals surface area contributed by atoms with Gasteiger partial charge in [0.05, 0.1) is 26.7 Å². The fourth-order valence-electron chi connectivity index (χ4n) is 3.68. The molecule has 0 radical (unpaired) electrons. The Kier molecular flexibility index (Phi) is 6.26. The number of anilines is 1. The Morgan fingerprint density at radius 1 is 1.14 bits per heavy atom. The number of aryl methyl sites for hydroxylation is 1. The van der Waals surface area contributed by atoms with Crippen molar-refractivity contribution in [3.8, 4) is 11.5 Å². The van der Waals surface area contributed by atoms with Crippen molar-refractivity contribution in [3.05, 3.63) is 53.1 Å². The number of methoxy groups -OCH3 is 2. The van der Waals surface area contributed by atoms with Gasteiger partial charge < -0.3 is 24.8 Å². The van der Waals surface area contributed by atoms with E-state index < -0.39 is 12.0 Å². The average molecular weight is 398 g/mol. The van der Waals surface area contributed by atoms with Crippen LogP contribution in [0.4, 0.5) is 10.5 Å². The minimum Gasteiger partial charge on any atom is -0.493 e. The normalized spacial score (nSPS) is 15.4. The summed E-state index contributed by atoms with van der Waals surface area (Å²) in [4.78, 5) is 26.1. The lowest BCUT2D eigenvalue weighted by Gasteiger charge is -2.37. The predicted octanol–water partition coefficient (Wildman–Crippen LogP) is 3.87. The lowest BCUT2D eigenvalue weighted by Crippen LogP contribution is -2.43. The first-order chi connectivity index (χ1) is 14.0. The number of hydrogen-bond acceptors (Lipinski definition) is 4. The molecular weight excluding hydrogens is 372 g/mol. The largest absolute Gasteiger partial charge is 0.493 e. The first-order valence-electron chi connectivity index (χ1n) is 9.60. The third-order valence-corrected chi connectivity index (χ3v) is 5.24. The molecule has 2 amide bonds. The Bertz CT molecular complexity index is 895. The second-order valence-electron chi connectivity index (χ2n) is 6.94. The van der Waals surface area contributed by atoms with Crippen LogP contribution in [0.15, 0.2) is 36.4 Å². The molecule has 2 aromatic carbocycles. The van der Waals surface area contributed by atoms with E-state index in [0.29, 0.717) is 30.2 Å². The van der Waals surface area contributed by atoms with Crippen molar-refractivity contribution in [3.63, 3.8) is 0 Å². The zero-order chi connectivity index (χ0) is 21.0. The summed E-state index contributed by atoms with van der Waals surface area (Å²) in [7, 11) is 3.09. The van der Waals surface area contributed by atoms with Gasteiger partial charge in [-0.3, -0.25) is 4.79 Å². The fraction of sp³-hybridized carbons (Fsp3) is 0.364. The summed E-state index contributed by atoms with van der Waals surface area (Å²) in [6, 6.07) is 10.4. The van der Waals surface area contributed by atoms with Gasteiger partial charge in [-0.05, 0) is 53.8 Å². The number of aliphatic carboxylic acids is 1. The van der Waals surface area contributed by atoms with Crippen molar-refractivity contribution in [1.29, 1.82) is 0 Å². The van der Waals surface area contributed by atoms with E-state index in [4.69, 9.17) is 9.47 Å². The van der Waals surface area contributed by atoms with E-state index >= 15 is 0 Å². The molecule has 29 heavy (non-hydrogen) atoms. The highest BCUT2D eigenvalue weighted by Gasteiger charge is 2.33. The number of carboxylic acids is 1. The molecule has 0 unspecified atom stereocenters. The highest BCUT2D eigenvalue weighted by atomic mass is 16.5. The number of urea groups is 1. The van der Waals surface area contributed by atoms with Gasteiger partial charge in [0.15, 0.2) is 11.5 Å². The van der Waals surface area contributed by atoms with E-state index in [2.05, 4.69) is 12.2 Å². The van der Waals surface area contributed by atoms with Crippen LogP contribution >= 0.6 is 0 Å². The quantitative estimate of drug-likeness (QED) is 0.771. The van der Waals surface area contributed by atoms with E-state index in [0.717, 1.165) is 17.5 Å². The van der Waals surface area contributed by atoms with Crippen LogP contribution in [0.3, 0.4) is 0 Å². The summed E-state index contributed by atoms with van der Waals surface area (Å²) >= 11 is 0. The highest BCUT2D eigenvalue weighted by Crippen LogP contribution is 2.39. The van der Waals surface area contributed by atoms with Crippen molar-refractivity contribution in [1.82, 2.24) is 4.90 Å². The topological polar surface area (TPSA) is 88.1 Å². The summed E-state index contributed by atoms with van der Waals surface area (Å²) in [6.45, 7) is 2.48. The summed E-state index contributed by atoms with van der Waals surface area (Å²) in [5, 5.41) is 12.3. The van der Waals surface area contributed by atoms with Crippen LogP contribution in [0.25, 0.3) is 0 Å². The van der Waals surface area contributed by atoms with Gasteiger partial charge in [0.2, 0.25) is 0 Å². The molecule has 0 saturated heterocycles. The maximum absolute atomic E-state index is 13.0. The minimum atomic E-state index is -0.970. The Labute approximate surface area is 170 Å². The SMILES string of the molecule is CCc1ccc(NC(=O)N2CCc3cc(OC)c(OC)cc3[C@@H]2CC(=O)O)cc1. The molecule has 0 spiro atoms. The minimum absolute atomic E-state index is 0.190. The maximum Gasteiger partial charge on any atom is 0.322 e. The van der Waals surface area contributed by atoms with E-state index in [1.54, 1.807) is 18.1 Å². The molecule has 7 heteroatoms. The van der Waals surface area contributed by atoms with Crippen LogP contribution in [0, 0.1) is 0 Å². The molecule has 3 rings (SSSR count). The monoisotopic (exact) mass is 398 g/mol. The molecule has 2 aromatic rings. The van der Waals surface area contributed by atoms with Crippen LogP contribution in [0.2, 0.25) is 0 Å². The highest BCUT2D eigenvalue weighted by molar-refractivity contribution is 5.90. The Morgan fingerprint density at radius 3 is 2.38 bits per heavy atom. The number of carboxylic acid groups (broad SMARTS) is 1. The van der Waals surface area contributed by atoms with Crippen molar-refractivity contribution in [2.75, 3.05) is 26.1 Å². The van der Waals surface area contributed by atoms with Gasteiger partial charge in [0.1, 0.15) is 0 Å². The number of ether oxygens (including phenoxy) is 2. The molecule has 7 nitrogen and oxygen atoms in total. The van der Waals surface area contributed by atoms with E-state index in [1.807, 2.05) is 30.3 Å². The van der Waals surface area contributed by atoms with Crippen molar-refractivity contribution in [2.24, 2.45) is 0 Å². The molecule has 2 N–H and O–H groups in total. The van der Waals surface area contributed by atoms with Gasteiger partial charge in [0, 0.05) is 12.2 Å². The van der Waals surface area contributed by atoms with Crippen LogP contribution in [0.1, 0.15) is 36.1 Å². The maximum atomic E-state index is 13.0. The third-order valence-electron chi connectivity index (χ3n) is 5.24. The molecule has 0 fully saturated rings. The van der Waals surface area contributed by atoms with Crippen LogP contribution in [-0.2, 0) is 17.6 Å². The summed E-state index contributed by atoms with van der Waals surface area (Å²) in [6.07, 6.45) is 1.34. The van der Waals surface area contributed by atoms with Crippen LogP contribution in [-0.4, -0.2) is 42.8 Å². The van der Waals surface area contributed by atoms with E-state index in [9.17, 15) is 14.7 Å². The second-order valence-corrected chi connectivity index (χ2v) is 6.94. The number of nitrogens with zero attached hydrogens (tertiary/aromatic N) is 1. The van der Waals surface area contributed by atoms with Gasteiger partial charge in [-0.25, -0.2) is 4.79 Å². The molecular formula is C22H26N2O5. The lowest BCUT2D eigenvalue weighted by atomic mass is 9.90. The molecule has 154 valence electrons. The Balaban J connectivity index is 1.90. The Hall–Kier alpha value is -3.22. The number of fused-ring (bicyclic) bond motifs is 1. The van der Waals surface area contributed by atoms with Crippen molar-refractivity contribution in [2.45, 2.75) is 32.2 Å². The van der Waals surface area contributed by atoms with E-state index in [-0.39, 0.29) is 12.5 Å². The smallest absolute Gasteiger partial charge is 0.322 e. The summed E-state index contributed by atoms with van der Waals surface area (Å²) < 4.78 is 10.7. The van der Waals surface area contributed by atoms with E-state index in [1.165, 1.54) is 12.7 Å². The summed E-state index contributed by atoms with van der Waals surface area (Å²) in [5.74, 6) is 0.135. The molecule has 0 aliphatic carbocycles. The molecule has 1 aliphatic rings. The molecule has 0 saturated carbocycles. The van der Waals surface area contributed by atoms with Crippen molar-refractivity contribution < 1.29 is 24.2 Å². The molecule has 1 atom stereocenters. The number of carbonyl (C=O) groups excluding carboxylic acids is 1.